The molecule has 15 heavy (non-hydrogen) atoms. The second-order valence-electron chi connectivity index (χ2n) is 3.39. The van der Waals surface area contributed by atoms with Gasteiger partial charge >= 0.3 is 0 Å². The van der Waals surface area contributed by atoms with Crippen molar-refractivity contribution in [2.45, 2.75) is 6.92 Å². The van der Waals surface area contributed by atoms with Crippen molar-refractivity contribution in [2.75, 3.05) is 5.73 Å². The van der Waals surface area contributed by atoms with Crippen molar-refractivity contribution in [1.82, 2.24) is 10.2 Å². The van der Waals surface area contributed by atoms with E-state index in [0.29, 0.717) is 5.69 Å². The second-order valence-corrected chi connectivity index (χ2v) is 3.39. The maximum atomic E-state index is 11.0. The van der Waals surface area contributed by atoms with Gasteiger partial charge in [0, 0.05) is 17.3 Å². The molecule has 0 spiro atoms. The number of nitrogen functional groups attached to an aromatic ring is 1. The maximum Gasteiger partial charge on any atom is 0.264 e. The minimum absolute atomic E-state index is 0.188. The Labute approximate surface area is 86.8 Å². The molecular weight excluding hydrogens is 190 g/mol. The predicted molar refractivity (Wildman–Crippen MR) is 59.4 cm³/mol. The van der Waals surface area contributed by atoms with Crippen LogP contribution in [0, 0.1) is 6.92 Å². The van der Waals surface area contributed by atoms with Crippen molar-refractivity contribution in [2.24, 2.45) is 0 Å². The molecule has 2 aromatic rings. The van der Waals surface area contributed by atoms with Gasteiger partial charge in [0.25, 0.3) is 5.56 Å². The third-order valence-electron chi connectivity index (χ3n) is 2.18. The van der Waals surface area contributed by atoms with Gasteiger partial charge in [-0.15, -0.1) is 0 Å². The number of rotatable bonds is 1. The fourth-order valence-corrected chi connectivity index (χ4v) is 1.43. The van der Waals surface area contributed by atoms with Crippen molar-refractivity contribution < 1.29 is 0 Å². The summed E-state index contributed by atoms with van der Waals surface area (Å²) in [5, 5.41) is 6.42. The molecular formula is C11H11N3O. The van der Waals surface area contributed by atoms with Crippen molar-refractivity contribution in [3.05, 3.63) is 46.2 Å². The molecule has 0 saturated heterocycles. The van der Waals surface area contributed by atoms with Crippen molar-refractivity contribution in [3.63, 3.8) is 0 Å². The van der Waals surface area contributed by atoms with Crippen molar-refractivity contribution >= 4 is 5.69 Å². The van der Waals surface area contributed by atoms with Crippen molar-refractivity contribution in [1.29, 1.82) is 0 Å². The topological polar surface area (TPSA) is 71.8 Å². The zero-order chi connectivity index (χ0) is 10.8. The first kappa shape index (κ1) is 9.45. The average Bonchev–Trinajstić information content (AvgIpc) is 2.20. The number of nitrogens with one attached hydrogen (secondary N) is 1. The third kappa shape index (κ3) is 1.88. The van der Waals surface area contributed by atoms with Gasteiger partial charge in [-0.1, -0.05) is 12.1 Å². The summed E-state index contributed by atoms with van der Waals surface area (Å²) in [4.78, 5) is 11.0. The number of nitrogens with zero attached hydrogens (tertiary/aromatic N) is 1. The van der Waals surface area contributed by atoms with Crippen LogP contribution in [-0.2, 0) is 0 Å². The van der Waals surface area contributed by atoms with Gasteiger partial charge in [-0.25, -0.2) is 5.10 Å². The molecule has 1 heterocycles. The molecule has 4 nitrogen and oxygen atoms in total. The number of aromatic amines is 1. The first-order valence-corrected chi connectivity index (χ1v) is 4.59. The van der Waals surface area contributed by atoms with Gasteiger partial charge < -0.3 is 5.73 Å². The second kappa shape index (κ2) is 3.57. The van der Waals surface area contributed by atoms with Gasteiger partial charge in [0.1, 0.15) is 0 Å². The Hall–Kier alpha value is -2.10. The fourth-order valence-electron chi connectivity index (χ4n) is 1.43. The van der Waals surface area contributed by atoms with Crippen LogP contribution >= 0.6 is 0 Å². The van der Waals surface area contributed by atoms with E-state index in [2.05, 4.69) is 10.2 Å². The maximum absolute atomic E-state index is 11.0. The zero-order valence-electron chi connectivity index (χ0n) is 8.32. The van der Waals surface area contributed by atoms with Crippen LogP contribution in [0.5, 0.6) is 0 Å². The van der Waals surface area contributed by atoms with Gasteiger partial charge in [0.05, 0.1) is 5.69 Å². The van der Waals surface area contributed by atoms with Gasteiger partial charge in [-0.2, -0.15) is 5.10 Å². The van der Waals surface area contributed by atoms with Crippen LogP contribution in [-0.4, -0.2) is 10.2 Å². The number of H-pyrrole nitrogens is 1. The minimum atomic E-state index is -0.188. The lowest BCUT2D eigenvalue weighted by Crippen LogP contribution is -2.08. The molecule has 0 amide bonds. The summed E-state index contributed by atoms with van der Waals surface area (Å²) in [5.41, 5.74) is 8.68. The summed E-state index contributed by atoms with van der Waals surface area (Å²) in [6.07, 6.45) is 0. The quantitative estimate of drug-likeness (QED) is 0.683. The number of hydrogen-bond donors (Lipinski definition) is 2. The Morgan fingerprint density at radius 3 is 2.53 bits per heavy atom. The highest BCUT2D eigenvalue weighted by molar-refractivity contribution is 5.64. The Kier molecular flexibility index (Phi) is 2.25. The monoisotopic (exact) mass is 201 g/mol. The molecule has 2 rings (SSSR count). The van der Waals surface area contributed by atoms with E-state index >= 15 is 0 Å². The lowest BCUT2D eigenvalue weighted by molar-refractivity contribution is 0.981. The zero-order valence-corrected chi connectivity index (χ0v) is 8.32. The largest absolute Gasteiger partial charge is 0.399 e. The lowest BCUT2D eigenvalue weighted by Gasteiger charge is -2.03. The van der Waals surface area contributed by atoms with E-state index in [0.717, 1.165) is 16.8 Å². The molecule has 0 aliphatic carbocycles. The number of aryl methyl sites for hydroxylation is 1. The molecule has 0 unspecified atom stereocenters. The summed E-state index contributed by atoms with van der Waals surface area (Å²) in [6.45, 7) is 1.86. The SMILES string of the molecule is Cc1cc(=O)[nH]nc1-c1ccc(N)cc1. The first-order valence-electron chi connectivity index (χ1n) is 4.59. The molecule has 1 aromatic heterocycles. The van der Waals surface area contributed by atoms with E-state index in [-0.39, 0.29) is 5.56 Å². The Balaban J connectivity index is 2.54. The summed E-state index contributed by atoms with van der Waals surface area (Å²) in [6, 6.07) is 8.90. The Morgan fingerprint density at radius 1 is 1.27 bits per heavy atom. The van der Waals surface area contributed by atoms with Gasteiger partial charge in [0.2, 0.25) is 0 Å². The molecule has 4 heteroatoms. The van der Waals surface area contributed by atoms with Crippen LogP contribution in [0.25, 0.3) is 11.3 Å². The molecule has 0 bridgehead atoms. The molecule has 0 aliphatic rings. The van der Waals surface area contributed by atoms with E-state index in [9.17, 15) is 4.79 Å². The smallest absolute Gasteiger partial charge is 0.264 e. The number of benzene rings is 1. The van der Waals surface area contributed by atoms with Gasteiger partial charge in [0.15, 0.2) is 0 Å². The molecule has 3 N–H and O–H groups in total. The molecule has 0 atom stereocenters. The van der Waals surface area contributed by atoms with Gasteiger partial charge in [-0.3, -0.25) is 4.79 Å². The highest BCUT2D eigenvalue weighted by Gasteiger charge is 2.03. The molecule has 0 radical (unpaired) electrons. The van der Waals surface area contributed by atoms with E-state index in [1.165, 1.54) is 6.07 Å². The summed E-state index contributed by atoms with van der Waals surface area (Å²) in [5.74, 6) is 0. The highest BCUT2D eigenvalue weighted by Crippen LogP contribution is 2.19. The molecule has 76 valence electrons. The van der Waals surface area contributed by atoms with Crippen LogP contribution in [0.2, 0.25) is 0 Å². The number of aromatic nitrogens is 2. The van der Waals surface area contributed by atoms with Crippen LogP contribution < -0.4 is 11.3 Å². The van der Waals surface area contributed by atoms with E-state index < -0.39 is 0 Å². The van der Waals surface area contributed by atoms with E-state index in [1.54, 1.807) is 0 Å². The fraction of sp³-hybridized carbons (Fsp3) is 0.0909. The Bertz CT molecular complexity index is 528. The molecule has 0 saturated carbocycles. The molecule has 1 aromatic carbocycles. The molecule has 0 aliphatic heterocycles. The number of nitrogens with two attached hydrogens (primary N) is 1. The van der Waals surface area contributed by atoms with E-state index in [4.69, 9.17) is 5.73 Å². The summed E-state index contributed by atoms with van der Waals surface area (Å²) in [7, 11) is 0. The Morgan fingerprint density at radius 2 is 1.93 bits per heavy atom. The summed E-state index contributed by atoms with van der Waals surface area (Å²) >= 11 is 0. The minimum Gasteiger partial charge on any atom is -0.399 e. The third-order valence-corrected chi connectivity index (χ3v) is 2.18. The normalized spacial score (nSPS) is 10.2. The van der Waals surface area contributed by atoms with Crippen LogP contribution in [0.1, 0.15) is 5.56 Å². The number of anilines is 1. The molecule has 0 fully saturated rings. The standard InChI is InChI=1S/C11H11N3O/c1-7-6-10(15)13-14-11(7)8-2-4-9(12)5-3-8/h2-6H,12H2,1H3,(H,13,15). The van der Waals surface area contributed by atoms with Crippen LogP contribution in [0.15, 0.2) is 35.1 Å². The first-order chi connectivity index (χ1) is 7.16. The average molecular weight is 201 g/mol. The van der Waals surface area contributed by atoms with Crippen LogP contribution in [0.3, 0.4) is 0 Å². The van der Waals surface area contributed by atoms with Crippen molar-refractivity contribution in [3.8, 4) is 11.3 Å². The lowest BCUT2D eigenvalue weighted by atomic mass is 10.1. The summed E-state index contributed by atoms with van der Waals surface area (Å²) < 4.78 is 0. The highest BCUT2D eigenvalue weighted by atomic mass is 16.1. The predicted octanol–water partition coefficient (Wildman–Crippen LogP) is 1.33. The number of hydrogen-bond acceptors (Lipinski definition) is 3. The van der Waals surface area contributed by atoms with E-state index in [1.807, 2.05) is 31.2 Å². The van der Waals surface area contributed by atoms with Gasteiger partial charge in [-0.05, 0) is 24.6 Å². The van der Waals surface area contributed by atoms with Crippen LogP contribution in [0.4, 0.5) is 5.69 Å².